The Hall–Kier alpha value is -1.22. The Kier molecular flexibility index (Phi) is 4.52. The van der Waals surface area contributed by atoms with Crippen molar-refractivity contribution in [3.63, 3.8) is 0 Å². The maximum absolute atomic E-state index is 13.7. The first-order chi connectivity index (χ1) is 9.80. The predicted octanol–water partition coefficient (Wildman–Crippen LogP) is 0.536. The zero-order valence-corrected chi connectivity index (χ0v) is 12.5. The molecule has 8 heteroatoms. The molecule has 1 aliphatic heterocycles. The molecule has 0 spiro atoms. The van der Waals surface area contributed by atoms with E-state index in [4.69, 9.17) is 10.5 Å². The first kappa shape index (κ1) is 16.2. The Bertz CT molecular complexity index is 604. The molecule has 2 rings (SSSR count). The van der Waals surface area contributed by atoms with Gasteiger partial charge in [0.05, 0.1) is 17.0 Å². The summed E-state index contributed by atoms with van der Waals surface area (Å²) in [4.78, 5) is -0.248. The van der Waals surface area contributed by atoms with E-state index in [1.807, 2.05) is 0 Å². The number of benzene rings is 1. The first-order valence-electron chi connectivity index (χ1n) is 6.58. The molecule has 6 nitrogen and oxygen atoms in total. The van der Waals surface area contributed by atoms with Gasteiger partial charge in [0.15, 0.2) is 0 Å². The Labute approximate surface area is 123 Å². The summed E-state index contributed by atoms with van der Waals surface area (Å²) >= 11 is 0. The molecule has 1 fully saturated rings. The molecule has 1 heterocycles. The Morgan fingerprint density at radius 1 is 1.43 bits per heavy atom. The van der Waals surface area contributed by atoms with Gasteiger partial charge in [-0.3, -0.25) is 0 Å². The highest BCUT2D eigenvalue weighted by Gasteiger charge is 2.36. The smallest absolute Gasteiger partial charge is 0.241 e. The molecule has 1 saturated heterocycles. The van der Waals surface area contributed by atoms with Crippen LogP contribution in [0.5, 0.6) is 0 Å². The molecular formula is C13H19FN2O4S. The van der Waals surface area contributed by atoms with E-state index in [1.165, 1.54) is 13.0 Å². The van der Waals surface area contributed by atoms with E-state index in [0.29, 0.717) is 26.1 Å². The fraction of sp³-hybridized carbons (Fsp3) is 0.538. The molecule has 0 aromatic heterocycles. The van der Waals surface area contributed by atoms with Crippen molar-refractivity contribution in [2.75, 3.05) is 25.6 Å². The number of nitrogen functional groups attached to an aromatic ring is 1. The van der Waals surface area contributed by atoms with Gasteiger partial charge in [-0.05, 0) is 31.9 Å². The van der Waals surface area contributed by atoms with Gasteiger partial charge in [0.1, 0.15) is 5.82 Å². The van der Waals surface area contributed by atoms with Gasteiger partial charge in [0.25, 0.3) is 0 Å². The zero-order chi connectivity index (χ0) is 15.7. The summed E-state index contributed by atoms with van der Waals surface area (Å²) in [6.07, 6.45) is 0.707. The van der Waals surface area contributed by atoms with Crippen LogP contribution in [0.1, 0.15) is 18.4 Å². The number of anilines is 1. The lowest BCUT2D eigenvalue weighted by Gasteiger charge is -2.35. The van der Waals surface area contributed by atoms with E-state index in [9.17, 15) is 17.9 Å². The topological polar surface area (TPSA) is 102 Å². The van der Waals surface area contributed by atoms with Crippen LogP contribution < -0.4 is 10.5 Å². The van der Waals surface area contributed by atoms with Crippen molar-refractivity contribution in [3.05, 3.63) is 23.5 Å². The number of aliphatic hydroxyl groups is 1. The second-order valence-corrected chi connectivity index (χ2v) is 6.96. The highest BCUT2D eigenvalue weighted by atomic mass is 32.2. The van der Waals surface area contributed by atoms with Gasteiger partial charge >= 0.3 is 0 Å². The highest BCUT2D eigenvalue weighted by molar-refractivity contribution is 7.89. The van der Waals surface area contributed by atoms with Gasteiger partial charge in [-0.2, -0.15) is 0 Å². The van der Waals surface area contributed by atoms with Crippen molar-refractivity contribution in [1.82, 2.24) is 4.72 Å². The van der Waals surface area contributed by atoms with Gasteiger partial charge < -0.3 is 15.6 Å². The summed E-state index contributed by atoms with van der Waals surface area (Å²) in [6, 6.07) is 2.14. The van der Waals surface area contributed by atoms with Crippen LogP contribution >= 0.6 is 0 Å². The molecule has 1 aromatic carbocycles. The number of hydrogen-bond donors (Lipinski definition) is 3. The van der Waals surface area contributed by atoms with Crippen LogP contribution in [0.4, 0.5) is 10.1 Å². The fourth-order valence-corrected chi connectivity index (χ4v) is 3.73. The third-order valence-electron chi connectivity index (χ3n) is 3.77. The lowest BCUT2D eigenvalue weighted by atomic mass is 9.93. The number of ether oxygens (including phenoxy) is 1. The molecule has 0 aliphatic carbocycles. The van der Waals surface area contributed by atoms with E-state index >= 15 is 0 Å². The molecule has 0 saturated carbocycles. The van der Waals surface area contributed by atoms with Gasteiger partial charge in [-0.1, -0.05) is 0 Å². The minimum atomic E-state index is -3.98. The normalized spacial score (nSPS) is 18.6. The van der Waals surface area contributed by atoms with Gasteiger partial charge in [0, 0.05) is 24.5 Å². The van der Waals surface area contributed by atoms with Crippen LogP contribution in [-0.2, 0) is 14.8 Å². The van der Waals surface area contributed by atoms with Crippen molar-refractivity contribution >= 4 is 15.7 Å². The van der Waals surface area contributed by atoms with Crippen molar-refractivity contribution in [1.29, 1.82) is 0 Å². The zero-order valence-electron chi connectivity index (χ0n) is 11.7. The molecule has 0 amide bonds. The van der Waals surface area contributed by atoms with Crippen molar-refractivity contribution < 1.29 is 22.7 Å². The summed E-state index contributed by atoms with van der Waals surface area (Å²) in [5.41, 5.74) is 4.91. The summed E-state index contributed by atoms with van der Waals surface area (Å²) in [5.74, 6) is -0.680. The number of aliphatic hydroxyl groups excluding tert-OH is 1. The summed E-state index contributed by atoms with van der Waals surface area (Å²) in [7, 11) is -3.98. The number of sulfonamides is 1. The summed E-state index contributed by atoms with van der Waals surface area (Å²) < 4.78 is 46.1. The van der Waals surface area contributed by atoms with Crippen molar-refractivity contribution in [2.45, 2.75) is 30.2 Å². The number of rotatable bonds is 4. The molecule has 0 atom stereocenters. The van der Waals surface area contributed by atoms with E-state index in [0.717, 1.165) is 6.07 Å². The second-order valence-electron chi connectivity index (χ2n) is 5.28. The average Bonchev–Trinajstić information content (AvgIpc) is 2.44. The highest BCUT2D eigenvalue weighted by Crippen LogP contribution is 2.25. The molecule has 1 aromatic rings. The van der Waals surface area contributed by atoms with Crippen LogP contribution in [0.15, 0.2) is 17.0 Å². The standard InChI is InChI=1S/C13H19FN2O4S/c1-9-11(14)6-10(7-12(9)15)21(18,19)16-13(8-17)2-4-20-5-3-13/h6-7,16-17H,2-5,8,15H2,1H3. The van der Waals surface area contributed by atoms with Crippen LogP contribution in [0.25, 0.3) is 0 Å². The van der Waals surface area contributed by atoms with E-state index in [2.05, 4.69) is 4.72 Å². The second kappa shape index (κ2) is 5.88. The Morgan fingerprint density at radius 2 is 2.05 bits per heavy atom. The van der Waals surface area contributed by atoms with Gasteiger partial charge in [-0.15, -0.1) is 0 Å². The average molecular weight is 318 g/mol. The van der Waals surface area contributed by atoms with Crippen LogP contribution in [0.3, 0.4) is 0 Å². The van der Waals surface area contributed by atoms with Crippen molar-refractivity contribution in [2.24, 2.45) is 0 Å². The number of nitrogens with two attached hydrogens (primary N) is 1. The quantitative estimate of drug-likeness (QED) is 0.703. The molecular weight excluding hydrogens is 299 g/mol. The van der Waals surface area contributed by atoms with Crippen LogP contribution in [0.2, 0.25) is 0 Å². The van der Waals surface area contributed by atoms with Crippen LogP contribution in [0, 0.1) is 12.7 Å². The molecule has 118 valence electrons. The first-order valence-corrected chi connectivity index (χ1v) is 8.06. The lowest BCUT2D eigenvalue weighted by molar-refractivity contribution is 0.0223. The Morgan fingerprint density at radius 3 is 2.57 bits per heavy atom. The molecule has 1 aliphatic rings. The van der Waals surface area contributed by atoms with E-state index in [1.54, 1.807) is 0 Å². The fourth-order valence-electron chi connectivity index (χ4n) is 2.23. The minimum Gasteiger partial charge on any atom is -0.398 e. The SMILES string of the molecule is Cc1c(N)cc(S(=O)(=O)NC2(CO)CCOCC2)cc1F. The lowest BCUT2D eigenvalue weighted by Crippen LogP contribution is -2.54. The van der Waals surface area contributed by atoms with Crippen molar-refractivity contribution in [3.8, 4) is 0 Å². The molecule has 0 unspecified atom stereocenters. The van der Waals surface area contributed by atoms with Gasteiger partial charge in [0.2, 0.25) is 10.0 Å². The molecule has 0 bridgehead atoms. The van der Waals surface area contributed by atoms with E-state index in [-0.39, 0.29) is 22.8 Å². The number of hydrogen-bond acceptors (Lipinski definition) is 5. The molecule has 4 N–H and O–H groups in total. The van der Waals surface area contributed by atoms with Crippen LogP contribution in [-0.4, -0.2) is 38.9 Å². The number of nitrogens with one attached hydrogen (secondary N) is 1. The summed E-state index contributed by atoms with van der Waals surface area (Å²) in [6.45, 7) is 1.84. The third kappa shape index (κ3) is 3.34. The third-order valence-corrected chi connectivity index (χ3v) is 5.33. The molecule has 0 radical (unpaired) electrons. The maximum Gasteiger partial charge on any atom is 0.241 e. The number of halogens is 1. The predicted molar refractivity (Wildman–Crippen MR) is 75.7 cm³/mol. The van der Waals surface area contributed by atoms with E-state index < -0.39 is 21.4 Å². The monoisotopic (exact) mass is 318 g/mol. The van der Waals surface area contributed by atoms with Gasteiger partial charge in [-0.25, -0.2) is 17.5 Å². The minimum absolute atomic E-state index is 0.0698. The summed E-state index contributed by atoms with van der Waals surface area (Å²) in [5, 5.41) is 9.52. The largest absolute Gasteiger partial charge is 0.398 e. The maximum atomic E-state index is 13.7. The Balaban J connectivity index is 2.33. The molecule has 21 heavy (non-hydrogen) atoms.